The van der Waals surface area contributed by atoms with Crippen molar-refractivity contribution >= 4 is 5.97 Å². The maximum Gasteiger partial charge on any atom is 0.307 e. The molecule has 3 heteroatoms. The molecule has 3 atom stereocenters. The third-order valence-electron chi connectivity index (χ3n) is 4.65. The molecule has 1 N–H and O–H groups in total. The van der Waals surface area contributed by atoms with E-state index in [1.807, 2.05) is 0 Å². The summed E-state index contributed by atoms with van der Waals surface area (Å²) in [5.41, 5.74) is 0. The Bertz CT molecular complexity index is 290. The van der Waals surface area contributed by atoms with Gasteiger partial charge in [0, 0.05) is 12.6 Å². The first-order chi connectivity index (χ1) is 8.56. The zero-order valence-electron chi connectivity index (χ0n) is 11.8. The first-order valence-electron chi connectivity index (χ1n) is 7.53. The third kappa shape index (κ3) is 3.47. The zero-order chi connectivity index (χ0) is 13.1. The van der Waals surface area contributed by atoms with Gasteiger partial charge in [-0.3, -0.25) is 9.69 Å². The lowest BCUT2D eigenvalue weighted by Crippen LogP contribution is -2.38. The van der Waals surface area contributed by atoms with Gasteiger partial charge in [0.1, 0.15) is 0 Å². The molecule has 1 heterocycles. The molecule has 2 fully saturated rings. The van der Waals surface area contributed by atoms with Crippen molar-refractivity contribution in [2.45, 2.75) is 58.4 Å². The molecule has 1 aliphatic heterocycles. The molecule has 2 aliphatic rings. The second-order valence-corrected chi connectivity index (χ2v) is 6.63. The first-order valence-corrected chi connectivity index (χ1v) is 7.53. The van der Waals surface area contributed by atoms with Crippen LogP contribution in [0.3, 0.4) is 0 Å². The lowest BCUT2D eigenvalue weighted by atomic mass is 9.80. The van der Waals surface area contributed by atoms with Gasteiger partial charge in [0.2, 0.25) is 0 Å². The number of carbonyl (C=O) groups is 1. The van der Waals surface area contributed by atoms with Gasteiger partial charge < -0.3 is 5.11 Å². The molecule has 0 aromatic rings. The fourth-order valence-corrected chi connectivity index (χ4v) is 3.80. The second-order valence-electron chi connectivity index (χ2n) is 6.63. The lowest BCUT2D eigenvalue weighted by Gasteiger charge is -2.36. The summed E-state index contributed by atoms with van der Waals surface area (Å²) in [6, 6.07) is 0.659. The van der Waals surface area contributed by atoms with Gasteiger partial charge in [0.05, 0.1) is 5.92 Å². The van der Waals surface area contributed by atoms with Crippen LogP contribution < -0.4 is 0 Å². The van der Waals surface area contributed by atoms with Crippen LogP contribution in [-0.2, 0) is 4.79 Å². The van der Waals surface area contributed by atoms with Crippen molar-refractivity contribution in [3.8, 4) is 0 Å². The third-order valence-corrected chi connectivity index (χ3v) is 4.65. The highest BCUT2D eigenvalue weighted by molar-refractivity contribution is 5.70. The number of carboxylic acids is 1. The molecule has 0 amide bonds. The SMILES string of the molecule is CC(C)CC1CCCC(N2CCC(C(=O)O)C2)C1. The van der Waals surface area contributed by atoms with Gasteiger partial charge in [0.25, 0.3) is 0 Å². The van der Waals surface area contributed by atoms with Gasteiger partial charge in [0.15, 0.2) is 0 Å². The molecule has 104 valence electrons. The Morgan fingerprint density at radius 1 is 1.33 bits per heavy atom. The quantitative estimate of drug-likeness (QED) is 0.837. The van der Waals surface area contributed by atoms with Crippen molar-refractivity contribution in [3.63, 3.8) is 0 Å². The summed E-state index contributed by atoms with van der Waals surface area (Å²) in [5, 5.41) is 9.07. The van der Waals surface area contributed by atoms with Gasteiger partial charge in [-0.15, -0.1) is 0 Å². The molecular formula is C15H27NO2. The molecule has 0 aromatic heterocycles. The first kappa shape index (κ1) is 13.9. The minimum Gasteiger partial charge on any atom is -0.481 e. The molecule has 1 aliphatic carbocycles. The van der Waals surface area contributed by atoms with Gasteiger partial charge >= 0.3 is 5.97 Å². The lowest BCUT2D eigenvalue weighted by molar-refractivity contribution is -0.141. The molecule has 1 saturated heterocycles. The average Bonchev–Trinajstić information content (AvgIpc) is 2.77. The Morgan fingerprint density at radius 3 is 2.72 bits per heavy atom. The predicted octanol–water partition coefficient (Wildman–Crippen LogP) is 3.00. The Morgan fingerprint density at radius 2 is 2.11 bits per heavy atom. The minimum absolute atomic E-state index is 0.115. The van der Waals surface area contributed by atoms with Crippen LogP contribution in [0.1, 0.15) is 52.4 Å². The van der Waals surface area contributed by atoms with E-state index in [9.17, 15) is 4.79 Å². The molecule has 0 bridgehead atoms. The van der Waals surface area contributed by atoms with E-state index in [0.717, 1.165) is 31.3 Å². The van der Waals surface area contributed by atoms with Crippen molar-refractivity contribution in [1.29, 1.82) is 0 Å². The standard InChI is InChI=1S/C15H27NO2/c1-11(2)8-12-4-3-5-14(9-12)16-7-6-13(10-16)15(17)18/h11-14H,3-10H2,1-2H3,(H,17,18). The predicted molar refractivity (Wildman–Crippen MR) is 72.5 cm³/mol. The highest BCUT2D eigenvalue weighted by Gasteiger charge is 2.34. The fourth-order valence-electron chi connectivity index (χ4n) is 3.80. The van der Waals surface area contributed by atoms with Crippen molar-refractivity contribution in [2.24, 2.45) is 17.8 Å². The topological polar surface area (TPSA) is 40.5 Å². The summed E-state index contributed by atoms with van der Waals surface area (Å²) in [6.45, 7) is 6.39. The number of carboxylic acid groups (broad SMARTS) is 1. The van der Waals surface area contributed by atoms with Crippen molar-refractivity contribution < 1.29 is 9.90 Å². The number of nitrogens with zero attached hydrogens (tertiary/aromatic N) is 1. The number of rotatable bonds is 4. The second kappa shape index (κ2) is 6.05. The maximum absolute atomic E-state index is 11.0. The van der Waals surface area contributed by atoms with Crippen molar-refractivity contribution in [2.75, 3.05) is 13.1 Å². The Hall–Kier alpha value is -0.570. The summed E-state index contributed by atoms with van der Waals surface area (Å²) in [7, 11) is 0. The Balaban J connectivity index is 1.84. The number of hydrogen-bond donors (Lipinski definition) is 1. The van der Waals surface area contributed by atoms with E-state index in [1.165, 1.54) is 32.1 Å². The van der Waals surface area contributed by atoms with Crippen LogP contribution >= 0.6 is 0 Å². The summed E-state index contributed by atoms with van der Waals surface area (Å²) in [5.74, 6) is 0.939. The molecule has 0 aromatic carbocycles. The van der Waals surface area contributed by atoms with E-state index in [-0.39, 0.29) is 5.92 Å². The Labute approximate surface area is 111 Å². The van der Waals surface area contributed by atoms with Crippen LogP contribution in [0.25, 0.3) is 0 Å². The van der Waals surface area contributed by atoms with E-state index >= 15 is 0 Å². The van der Waals surface area contributed by atoms with Gasteiger partial charge in [-0.05, 0) is 44.1 Å². The van der Waals surface area contributed by atoms with Crippen molar-refractivity contribution in [1.82, 2.24) is 4.90 Å². The van der Waals surface area contributed by atoms with E-state index in [2.05, 4.69) is 18.7 Å². The van der Waals surface area contributed by atoms with Crippen LogP contribution in [0.2, 0.25) is 0 Å². The summed E-state index contributed by atoms with van der Waals surface area (Å²) in [6.07, 6.45) is 7.47. The van der Waals surface area contributed by atoms with Crippen LogP contribution in [0.15, 0.2) is 0 Å². The van der Waals surface area contributed by atoms with Crippen LogP contribution in [0.4, 0.5) is 0 Å². The summed E-state index contributed by atoms with van der Waals surface area (Å²) < 4.78 is 0. The molecule has 2 rings (SSSR count). The van der Waals surface area contributed by atoms with E-state index in [0.29, 0.717) is 6.04 Å². The summed E-state index contributed by atoms with van der Waals surface area (Å²) in [4.78, 5) is 13.5. The van der Waals surface area contributed by atoms with Gasteiger partial charge in [-0.2, -0.15) is 0 Å². The van der Waals surface area contributed by atoms with Crippen molar-refractivity contribution in [3.05, 3.63) is 0 Å². The maximum atomic E-state index is 11.0. The number of likely N-dealkylation sites (tertiary alicyclic amines) is 1. The van der Waals surface area contributed by atoms with Crippen LogP contribution in [0.5, 0.6) is 0 Å². The fraction of sp³-hybridized carbons (Fsp3) is 0.933. The monoisotopic (exact) mass is 253 g/mol. The smallest absolute Gasteiger partial charge is 0.307 e. The number of aliphatic carboxylic acids is 1. The normalized spacial score (nSPS) is 34.1. The van der Waals surface area contributed by atoms with Gasteiger partial charge in [-0.25, -0.2) is 0 Å². The highest BCUT2D eigenvalue weighted by atomic mass is 16.4. The molecular weight excluding hydrogens is 226 g/mol. The highest BCUT2D eigenvalue weighted by Crippen LogP contribution is 2.34. The molecule has 0 spiro atoms. The zero-order valence-corrected chi connectivity index (χ0v) is 11.8. The molecule has 0 radical (unpaired) electrons. The largest absolute Gasteiger partial charge is 0.481 e. The molecule has 3 nitrogen and oxygen atoms in total. The minimum atomic E-state index is -0.605. The van der Waals surface area contributed by atoms with Crippen LogP contribution in [-0.4, -0.2) is 35.1 Å². The molecule has 18 heavy (non-hydrogen) atoms. The van der Waals surface area contributed by atoms with E-state index in [4.69, 9.17) is 5.11 Å². The Kier molecular flexibility index (Phi) is 4.66. The summed E-state index contributed by atoms with van der Waals surface area (Å²) >= 11 is 0. The van der Waals surface area contributed by atoms with Gasteiger partial charge in [-0.1, -0.05) is 26.7 Å². The van der Waals surface area contributed by atoms with E-state index < -0.39 is 5.97 Å². The average molecular weight is 253 g/mol. The molecule has 3 unspecified atom stereocenters. The van der Waals surface area contributed by atoms with Crippen LogP contribution in [0, 0.1) is 17.8 Å². The molecule has 1 saturated carbocycles. The van der Waals surface area contributed by atoms with E-state index in [1.54, 1.807) is 0 Å². The number of hydrogen-bond acceptors (Lipinski definition) is 2.